The number of aromatic nitrogens is 1. The summed E-state index contributed by atoms with van der Waals surface area (Å²) in [4.78, 5) is 81.8. The summed E-state index contributed by atoms with van der Waals surface area (Å²) in [6, 6.07) is 9.74. The predicted octanol–water partition coefficient (Wildman–Crippen LogP) is 2.94. The molecule has 2 heterocycles. The highest BCUT2D eigenvalue weighted by atomic mass is 32.1. The number of fused-ring (bicyclic) bond motifs is 1. The number of nitrogens with zero attached hydrogens (tertiary/aromatic N) is 1. The molecule has 256 valence electrons. The smallest absolute Gasteiger partial charge is 0.335 e. The van der Waals surface area contributed by atoms with Crippen molar-refractivity contribution < 1.29 is 38.6 Å². The number of aromatic carboxylic acids is 1. The van der Waals surface area contributed by atoms with Gasteiger partial charge in [0.1, 0.15) is 17.8 Å². The number of carbonyl (C=O) groups excluding carboxylic acids is 5. The topological polar surface area (TPSA) is 193 Å². The van der Waals surface area contributed by atoms with Crippen LogP contribution in [0.15, 0.2) is 48.5 Å². The first kappa shape index (κ1) is 36.0. The Bertz CT molecular complexity index is 1620. The van der Waals surface area contributed by atoms with Crippen molar-refractivity contribution in [1.29, 1.82) is 0 Å². The number of hydrogen-bond acceptors (Lipinski definition) is 9. The maximum Gasteiger partial charge on any atom is 0.335 e. The predicted molar refractivity (Wildman–Crippen MR) is 179 cm³/mol. The van der Waals surface area contributed by atoms with E-state index in [9.17, 15) is 28.8 Å². The number of thiazole rings is 1. The molecule has 5 N–H and O–H groups in total. The first-order valence-corrected chi connectivity index (χ1v) is 16.7. The van der Waals surface area contributed by atoms with Crippen molar-refractivity contribution in [1.82, 2.24) is 26.3 Å². The number of carbonyl (C=O) groups is 6. The lowest BCUT2D eigenvalue weighted by molar-refractivity contribution is -0.134. The van der Waals surface area contributed by atoms with Gasteiger partial charge in [-0.05, 0) is 67.5 Å². The summed E-state index contributed by atoms with van der Waals surface area (Å²) in [6.45, 7) is 7.32. The van der Waals surface area contributed by atoms with Gasteiger partial charge < -0.3 is 31.1 Å². The van der Waals surface area contributed by atoms with Crippen LogP contribution in [0.4, 0.5) is 0 Å². The Balaban J connectivity index is 1.45. The second kappa shape index (κ2) is 16.3. The van der Waals surface area contributed by atoms with E-state index in [4.69, 9.17) is 9.84 Å². The molecule has 48 heavy (non-hydrogen) atoms. The maximum atomic E-state index is 13.8. The van der Waals surface area contributed by atoms with Crippen molar-refractivity contribution in [2.45, 2.75) is 65.1 Å². The summed E-state index contributed by atoms with van der Waals surface area (Å²) in [5.41, 5.74) is 0.725. The van der Waals surface area contributed by atoms with Crippen LogP contribution in [0, 0.1) is 17.8 Å². The van der Waals surface area contributed by atoms with Crippen molar-refractivity contribution in [3.8, 4) is 5.75 Å². The molecule has 1 aromatic heterocycles. The largest absolute Gasteiger partial charge is 0.484 e. The lowest BCUT2D eigenvalue weighted by Crippen LogP contribution is -2.57. The second-order valence-corrected chi connectivity index (χ2v) is 13.6. The summed E-state index contributed by atoms with van der Waals surface area (Å²) >= 11 is 1.21. The number of rotatable bonds is 16. The van der Waals surface area contributed by atoms with E-state index in [-0.39, 0.29) is 46.9 Å². The molecule has 4 amide bonds. The van der Waals surface area contributed by atoms with E-state index in [2.05, 4.69) is 26.3 Å². The maximum absolute atomic E-state index is 13.8. The fraction of sp³-hybridized carbons (Fsp3) is 0.441. The van der Waals surface area contributed by atoms with Crippen LogP contribution in [0.25, 0.3) is 10.2 Å². The van der Waals surface area contributed by atoms with E-state index >= 15 is 0 Å². The average molecular weight is 680 g/mol. The molecule has 2 aromatic carbocycles. The van der Waals surface area contributed by atoms with Crippen LogP contribution < -0.4 is 26.0 Å². The summed E-state index contributed by atoms with van der Waals surface area (Å²) in [5.74, 6) is -4.03. The number of ether oxygens (including phenoxy) is 1. The number of ketones is 1. The van der Waals surface area contributed by atoms with Crippen molar-refractivity contribution in [2.75, 3.05) is 13.2 Å². The normalized spacial score (nSPS) is 16.2. The van der Waals surface area contributed by atoms with Crippen LogP contribution in [0.5, 0.6) is 5.75 Å². The van der Waals surface area contributed by atoms with Gasteiger partial charge >= 0.3 is 5.97 Å². The van der Waals surface area contributed by atoms with Gasteiger partial charge in [0.15, 0.2) is 11.6 Å². The molecule has 3 aromatic rings. The molecule has 0 spiro atoms. The van der Waals surface area contributed by atoms with Gasteiger partial charge in [-0.2, -0.15) is 0 Å². The van der Waals surface area contributed by atoms with Crippen molar-refractivity contribution in [3.63, 3.8) is 0 Å². The van der Waals surface area contributed by atoms with Crippen LogP contribution in [0.2, 0.25) is 0 Å². The van der Waals surface area contributed by atoms with Gasteiger partial charge in [0, 0.05) is 12.5 Å². The molecule has 0 radical (unpaired) electrons. The Morgan fingerprint density at radius 3 is 2.25 bits per heavy atom. The van der Waals surface area contributed by atoms with E-state index in [0.29, 0.717) is 18.5 Å². The molecule has 13 nitrogen and oxygen atoms in total. The number of hydrogen-bond donors (Lipinski definition) is 5. The van der Waals surface area contributed by atoms with Crippen LogP contribution in [-0.4, -0.2) is 76.7 Å². The number of nitrogens with one attached hydrogen (secondary N) is 4. The summed E-state index contributed by atoms with van der Waals surface area (Å²) in [5, 5.41) is 20.3. The molecular weight excluding hydrogens is 638 g/mol. The minimum Gasteiger partial charge on any atom is -0.484 e. The molecule has 1 fully saturated rings. The van der Waals surface area contributed by atoms with Gasteiger partial charge in [-0.25, -0.2) is 9.78 Å². The van der Waals surface area contributed by atoms with Crippen LogP contribution in [0.3, 0.4) is 0 Å². The Morgan fingerprint density at radius 2 is 1.65 bits per heavy atom. The Kier molecular flexibility index (Phi) is 12.2. The molecule has 14 heteroatoms. The Morgan fingerprint density at radius 1 is 0.958 bits per heavy atom. The van der Waals surface area contributed by atoms with Crippen molar-refractivity contribution >= 4 is 56.9 Å². The minimum atomic E-state index is -1.09. The molecule has 0 saturated carbocycles. The lowest BCUT2D eigenvalue weighted by Gasteiger charge is -2.27. The van der Waals surface area contributed by atoms with Crippen molar-refractivity contribution in [3.05, 3.63) is 59.1 Å². The molecule has 1 saturated heterocycles. The molecule has 1 aliphatic rings. The number of carboxylic acid groups (broad SMARTS) is 1. The van der Waals surface area contributed by atoms with E-state index in [1.54, 1.807) is 19.9 Å². The second-order valence-electron chi connectivity index (χ2n) is 12.5. The molecule has 0 unspecified atom stereocenters. The minimum absolute atomic E-state index is 0.0203. The summed E-state index contributed by atoms with van der Waals surface area (Å²) in [7, 11) is 0. The van der Waals surface area contributed by atoms with Crippen LogP contribution in [-0.2, 0) is 19.2 Å². The zero-order chi connectivity index (χ0) is 35.0. The van der Waals surface area contributed by atoms with Gasteiger partial charge in [-0.1, -0.05) is 39.8 Å². The third kappa shape index (κ3) is 9.59. The van der Waals surface area contributed by atoms with Crippen molar-refractivity contribution in [2.24, 2.45) is 17.8 Å². The molecule has 0 bridgehead atoms. The number of Topliss-reactive ketones (excluding diaryl/α,β-unsaturated/α-hetero) is 1. The fourth-order valence-electron chi connectivity index (χ4n) is 5.34. The number of para-hydroxylation sites is 1. The highest BCUT2D eigenvalue weighted by Crippen LogP contribution is 2.25. The van der Waals surface area contributed by atoms with E-state index in [1.165, 1.54) is 35.6 Å². The Labute approximate surface area is 282 Å². The van der Waals surface area contributed by atoms with Gasteiger partial charge in [0.2, 0.25) is 23.5 Å². The van der Waals surface area contributed by atoms with Gasteiger partial charge in [0.05, 0.1) is 21.8 Å². The van der Waals surface area contributed by atoms with Gasteiger partial charge in [-0.15, -0.1) is 11.3 Å². The first-order valence-electron chi connectivity index (χ1n) is 15.9. The lowest BCUT2D eigenvalue weighted by atomic mass is 9.94. The summed E-state index contributed by atoms with van der Waals surface area (Å²) < 4.78 is 6.27. The standard InChI is InChI=1S/C34H41N5O8S/c1-18(2)15-25(37-32(44)28(19(3)4)39-27(40)17-47-22-11-9-20(10-12-22)34(45)46)31(43)36-24(16-21-13-14-35-30(21)42)29(41)33-38-23-7-5-6-8-26(23)48-33/h5-12,18-19,21,24-25,28H,13-17H2,1-4H3,(H,35,42)(H,36,43)(H,37,44)(H,39,40)(H,45,46)/t21-,24-,25-,28-/m1/s1. The monoisotopic (exact) mass is 679 g/mol. The number of amides is 4. The molecule has 4 atom stereocenters. The molecule has 4 rings (SSSR count). The van der Waals surface area contributed by atoms with Gasteiger partial charge in [0.25, 0.3) is 5.91 Å². The number of carboxylic acids is 1. The first-order chi connectivity index (χ1) is 22.8. The van der Waals surface area contributed by atoms with E-state index in [0.717, 1.165) is 4.70 Å². The van der Waals surface area contributed by atoms with Gasteiger partial charge in [-0.3, -0.25) is 24.0 Å². The van der Waals surface area contributed by atoms with Crippen LogP contribution >= 0.6 is 11.3 Å². The van der Waals surface area contributed by atoms with E-state index in [1.807, 2.05) is 32.0 Å². The zero-order valence-electron chi connectivity index (χ0n) is 27.3. The Hall–Kier alpha value is -4.85. The third-order valence-electron chi connectivity index (χ3n) is 7.90. The highest BCUT2D eigenvalue weighted by molar-refractivity contribution is 7.20. The number of benzene rings is 2. The molecule has 1 aliphatic heterocycles. The summed E-state index contributed by atoms with van der Waals surface area (Å²) in [6.07, 6.45) is 0.855. The SMILES string of the molecule is CC(C)C[C@@H](NC(=O)[C@H](NC(=O)COc1ccc(C(=O)O)cc1)C(C)C)C(=O)N[C@H](C[C@H]1CCNC1=O)C(=O)c1nc2ccccc2s1. The molecule has 0 aliphatic carbocycles. The zero-order valence-corrected chi connectivity index (χ0v) is 28.1. The highest BCUT2D eigenvalue weighted by Gasteiger charge is 2.36. The molecular formula is C34H41N5O8S. The van der Waals surface area contributed by atoms with E-state index < -0.39 is 60.1 Å². The quantitative estimate of drug-likeness (QED) is 0.142. The fourth-order valence-corrected chi connectivity index (χ4v) is 6.30. The third-order valence-corrected chi connectivity index (χ3v) is 8.95. The van der Waals surface area contributed by atoms with Crippen LogP contribution in [0.1, 0.15) is 67.1 Å². The average Bonchev–Trinajstić information content (AvgIpc) is 3.67.